The van der Waals surface area contributed by atoms with E-state index in [1.807, 2.05) is 38.1 Å². The third-order valence-electron chi connectivity index (χ3n) is 8.41. The average Bonchev–Trinajstić information content (AvgIpc) is 2.86. The second-order valence-corrected chi connectivity index (χ2v) is 10.2. The topological polar surface area (TPSA) is 104 Å². The van der Waals surface area contributed by atoms with Gasteiger partial charge in [-0.05, 0) is 63.1 Å². The molecule has 4 rings (SSSR count). The summed E-state index contributed by atoms with van der Waals surface area (Å²) in [5, 5.41) is 22.5. The van der Waals surface area contributed by atoms with Gasteiger partial charge in [-0.15, -0.1) is 0 Å². The number of carbonyl (C=O) groups is 2. The van der Waals surface area contributed by atoms with E-state index < -0.39 is 24.0 Å². The fourth-order valence-corrected chi connectivity index (χ4v) is 6.72. The molecule has 0 aromatic carbocycles. The smallest absolute Gasteiger partial charge is 0.248 e. The third-order valence-corrected chi connectivity index (χ3v) is 8.41. The van der Waals surface area contributed by atoms with Crippen LogP contribution in [0, 0.1) is 35.5 Å². The van der Waals surface area contributed by atoms with Crippen LogP contribution >= 0.6 is 0 Å². The number of fused-ring (bicyclic) bond motifs is 3. The van der Waals surface area contributed by atoms with Crippen LogP contribution in [0.25, 0.3) is 0 Å². The Kier molecular flexibility index (Phi) is 6.21. The SMILES string of the molecule is CCC1C(C(=O)C2C3C=CCC(C3)C2C)=CC2=CCC(C(N)=O)=C(O)C(N(C)C)C2C1O. The summed E-state index contributed by atoms with van der Waals surface area (Å²) in [7, 11) is 3.63. The van der Waals surface area contributed by atoms with Crippen molar-refractivity contribution in [2.45, 2.75) is 51.7 Å². The lowest BCUT2D eigenvalue weighted by Crippen LogP contribution is -2.49. The van der Waals surface area contributed by atoms with Crippen molar-refractivity contribution >= 4 is 11.7 Å². The minimum Gasteiger partial charge on any atom is -0.510 e. The monoisotopic (exact) mass is 440 g/mol. The summed E-state index contributed by atoms with van der Waals surface area (Å²) in [6, 6.07) is -0.587. The molecule has 1 fully saturated rings. The first-order valence-electron chi connectivity index (χ1n) is 11.9. The van der Waals surface area contributed by atoms with E-state index in [1.54, 1.807) is 0 Å². The van der Waals surface area contributed by atoms with Gasteiger partial charge >= 0.3 is 0 Å². The Morgan fingerprint density at radius 1 is 1.28 bits per heavy atom. The molecule has 2 bridgehead atoms. The van der Waals surface area contributed by atoms with Crippen molar-refractivity contribution in [3.8, 4) is 0 Å². The first kappa shape index (κ1) is 23.0. The van der Waals surface area contributed by atoms with E-state index >= 15 is 0 Å². The standard InChI is InChI=1S/C26H36N2O4/c1-5-17-19(24(30)20-13(2)14-7-6-8-15(20)11-14)12-16-9-10-18(26(27)32)25(31)22(28(3)4)21(16)23(17)29/h6,8-9,12-15,17,20-23,29,31H,5,7,10-11H2,1-4H3,(H2,27,32). The Balaban J connectivity index is 1.77. The Bertz CT molecular complexity index is 928. The number of hydrogen-bond acceptors (Lipinski definition) is 5. The van der Waals surface area contributed by atoms with Gasteiger partial charge in [0.05, 0.1) is 17.7 Å². The number of likely N-dealkylation sites (N-methyl/N-ethyl adjacent to an activating group) is 1. The molecule has 0 aromatic rings. The molecule has 0 aromatic heterocycles. The van der Waals surface area contributed by atoms with Crippen LogP contribution in [0.4, 0.5) is 0 Å². The second kappa shape index (κ2) is 8.64. The summed E-state index contributed by atoms with van der Waals surface area (Å²) >= 11 is 0. The summed E-state index contributed by atoms with van der Waals surface area (Å²) in [5.41, 5.74) is 7.21. The Morgan fingerprint density at radius 2 is 2.00 bits per heavy atom. The fourth-order valence-electron chi connectivity index (χ4n) is 6.72. The molecule has 0 heterocycles. The van der Waals surface area contributed by atoms with E-state index in [0.717, 1.165) is 18.4 Å². The molecular formula is C26H36N2O4. The van der Waals surface area contributed by atoms with Gasteiger partial charge < -0.3 is 15.9 Å². The zero-order valence-corrected chi connectivity index (χ0v) is 19.5. The van der Waals surface area contributed by atoms with Crippen LogP contribution in [-0.4, -0.2) is 53.0 Å². The van der Waals surface area contributed by atoms with Crippen molar-refractivity contribution in [3.63, 3.8) is 0 Å². The van der Waals surface area contributed by atoms with Gasteiger partial charge in [0.2, 0.25) is 5.91 Å². The maximum Gasteiger partial charge on any atom is 0.248 e. The highest BCUT2D eigenvalue weighted by atomic mass is 16.3. The summed E-state index contributed by atoms with van der Waals surface area (Å²) < 4.78 is 0. The molecule has 1 saturated carbocycles. The fraction of sp³-hybridized carbons (Fsp3) is 0.615. The number of primary amides is 1. The van der Waals surface area contributed by atoms with Crippen LogP contribution < -0.4 is 5.73 Å². The maximum absolute atomic E-state index is 13.9. The number of aliphatic hydroxyl groups is 2. The highest BCUT2D eigenvalue weighted by Crippen LogP contribution is 2.50. The number of nitrogens with two attached hydrogens (primary N) is 1. The van der Waals surface area contributed by atoms with Gasteiger partial charge in [0.15, 0.2) is 5.78 Å². The highest BCUT2D eigenvalue weighted by Gasteiger charge is 2.50. The predicted molar refractivity (Wildman–Crippen MR) is 123 cm³/mol. The van der Waals surface area contributed by atoms with Gasteiger partial charge in [0, 0.05) is 23.3 Å². The normalized spacial score (nSPS) is 38.8. The lowest BCUT2D eigenvalue weighted by molar-refractivity contribution is -0.122. The summed E-state index contributed by atoms with van der Waals surface area (Å²) in [5.74, 6) is -0.253. The van der Waals surface area contributed by atoms with Gasteiger partial charge in [-0.3, -0.25) is 14.5 Å². The summed E-state index contributed by atoms with van der Waals surface area (Å²) in [4.78, 5) is 27.7. The maximum atomic E-state index is 13.9. The zero-order valence-electron chi connectivity index (χ0n) is 19.5. The number of amides is 1. The number of nitrogens with zero attached hydrogens (tertiary/aromatic N) is 1. The molecular weight excluding hydrogens is 404 g/mol. The minimum absolute atomic E-state index is 0.0495. The molecule has 8 atom stereocenters. The molecule has 174 valence electrons. The number of allylic oxidation sites excluding steroid dienone is 4. The largest absolute Gasteiger partial charge is 0.510 e. The van der Waals surface area contributed by atoms with Crippen LogP contribution in [0.3, 0.4) is 0 Å². The highest BCUT2D eigenvalue weighted by molar-refractivity contribution is 5.99. The Morgan fingerprint density at radius 3 is 2.59 bits per heavy atom. The predicted octanol–water partition coefficient (Wildman–Crippen LogP) is 2.90. The van der Waals surface area contributed by atoms with Gasteiger partial charge in [-0.1, -0.05) is 38.2 Å². The number of Topliss-reactive ketones (excluding diaryl/α,β-unsaturated/α-hetero) is 1. The van der Waals surface area contributed by atoms with Crippen molar-refractivity contribution in [1.29, 1.82) is 0 Å². The number of hydrogen-bond donors (Lipinski definition) is 3. The number of carbonyl (C=O) groups excluding carboxylic acids is 2. The third kappa shape index (κ3) is 3.57. The van der Waals surface area contributed by atoms with Crippen molar-refractivity contribution in [1.82, 2.24) is 4.90 Å². The van der Waals surface area contributed by atoms with E-state index in [1.165, 1.54) is 0 Å². The van der Waals surface area contributed by atoms with Crippen LogP contribution in [0.1, 0.15) is 39.5 Å². The first-order valence-corrected chi connectivity index (χ1v) is 11.9. The average molecular weight is 441 g/mol. The second-order valence-electron chi connectivity index (χ2n) is 10.2. The van der Waals surface area contributed by atoms with Gasteiger partial charge in [-0.2, -0.15) is 0 Å². The minimum atomic E-state index is -0.844. The summed E-state index contributed by atoms with van der Waals surface area (Å²) in [6.45, 7) is 4.18. The molecule has 0 spiro atoms. The molecule has 0 radical (unpaired) electrons. The van der Waals surface area contributed by atoms with Gasteiger partial charge in [-0.25, -0.2) is 0 Å². The Hall–Kier alpha value is -2.18. The zero-order chi connectivity index (χ0) is 23.3. The van der Waals surface area contributed by atoms with Gasteiger partial charge in [0.1, 0.15) is 5.76 Å². The molecule has 0 saturated heterocycles. The lowest BCUT2D eigenvalue weighted by atomic mass is 9.68. The molecule has 4 aliphatic rings. The molecule has 6 heteroatoms. The molecule has 4 N–H and O–H groups in total. The molecule has 6 nitrogen and oxygen atoms in total. The molecule has 32 heavy (non-hydrogen) atoms. The van der Waals surface area contributed by atoms with E-state index in [4.69, 9.17) is 5.73 Å². The van der Waals surface area contributed by atoms with Crippen molar-refractivity contribution in [3.05, 3.63) is 46.8 Å². The number of ketones is 1. The lowest BCUT2D eigenvalue weighted by Gasteiger charge is -2.42. The molecule has 0 aliphatic heterocycles. The van der Waals surface area contributed by atoms with Crippen LogP contribution in [0.5, 0.6) is 0 Å². The van der Waals surface area contributed by atoms with E-state index in [2.05, 4.69) is 19.1 Å². The van der Waals surface area contributed by atoms with Gasteiger partial charge in [0.25, 0.3) is 0 Å². The Labute approximate surface area is 190 Å². The number of rotatable bonds is 5. The van der Waals surface area contributed by atoms with Crippen molar-refractivity contribution < 1.29 is 19.8 Å². The van der Waals surface area contributed by atoms with E-state index in [-0.39, 0.29) is 41.3 Å². The van der Waals surface area contributed by atoms with Crippen LogP contribution in [0.15, 0.2) is 46.8 Å². The van der Waals surface area contributed by atoms with Crippen molar-refractivity contribution in [2.24, 2.45) is 41.2 Å². The van der Waals surface area contributed by atoms with E-state index in [0.29, 0.717) is 23.8 Å². The van der Waals surface area contributed by atoms with Crippen molar-refractivity contribution in [2.75, 3.05) is 14.1 Å². The van der Waals surface area contributed by atoms with Crippen LogP contribution in [0.2, 0.25) is 0 Å². The molecule has 4 aliphatic carbocycles. The number of aliphatic hydroxyl groups excluding tert-OH is 2. The van der Waals surface area contributed by atoms with Crippen LogP contribution in [-0.2, 0) is 9.59 Å². The summed E-state index contributed by atoms with van der Waals surface area (Å²) in [6.07, 6.45) is 10.3. The molecule has 8 unspecified atom stereocenters. The first-order chi connectivity index (χ1) is 15.2. The quantitative estimate of drug-likeness (QED) is 0.570. The molecule has 1 amide bonds. The van der Waals surface area contributed by atoms with E-state index in [9.17, 15) is 19.8 Å².